The smallest absolute Gasteiger partial charge is 0.253 e. The lowest BCUT2D eigenvalue weighted by atomic mass is 9.95. The summed E-state index contributed by atoms with van der Waals surface area (Å²) in [5.41, 5.74) is 2.08. The molecule has 3 aromatic rings. The van der Waals surface area contributed by atoms with E-state index in [1.165, 1.54) is 23.3 Å². The quantitative estimate of drug-likeness (QED) is 0.573. The van der Waals surface area contributed by atoms with E-state index in [1.807, 2.05) is 23.1 Å². The molecule has 2 aromatic carbocycles. The number of piperidine rings is 1. The number of H-pyrrole nitrogens is 1. The van der Waals surface area contributed by atoms with Crippen molar-refractivity contribution in [3.05, 3.63) is 77.4 Å². The standard InChI is InChI=1S/C24H26N4OS/c29-24(20-8-10-21(11-9-20)30-16-17-4-2-1-3-5-17)28-14-12-19(13-15-28)23-25-22(26-27-23)18-6-7-18/h1-5,8-11,18-19H,6-7,12-16H2,(H,25,26,27). The van der Waals surface area contributed by atoms with Crippen molar-refractivity contribution in [2.75, 3.05) is 13.1 Å². The lowest BCUT2D eigenvalue weighted by Crippen LogP contribution is -2.38. The number of likely N-dealkylation sites (tertiary alicyclic amines) is 1. The van der Waals surface area contributed by atoms with Crippen LogP contribution < -0.4 is 0 Å². The minimum atomic E-state index is 0.129. The van der Waals surface area contributed by atoms with Crippen LogP contribution in [0.5, 0.6) is 0 Å². The summed E-state index contributed by atoms with van der Waals surface area (Å²) in [5.74, 6) is 4.00. The van der Waals surface area contributed by atoms with Gasteiger partial charge in [0.2, 0.25) is 0 Å². The van der Waals surface area contributed by atoms with Crippen LogP contribution in [0.25, 0.3) is 0 Å². The third-order valence-electron chi connectivity index (χ3n) is 5.98. The summed E-state index contributed by atoms with van der Waals surface area (Å²) >= 11 is 1.79. The van der Waals surface area contributed by atoms with E-state index >= 15 is 0 Å². The van der Waals surface area contributed by atoms with E-state index in [-0.39, 0.29) is 5.91 Å². The summed E-state index contributed by atoms with van der Waals surface area (Å²) in [6.45, 7) is 1.54. The van der Waals surface area contributed by atoms with Gasteiger partial charge in [0.15, 0.2) is 5.82 Å². The molecule has 0 radical (unpaired) electrons. The average molecular weight is 419 g/mol. The number of carbonyl (C=O) groups is 1. The summed E-state index contributed by atoms with van der Waals surface area (Å²) in [5, 5.41) is 7.51. The molecule has 0 spiro atoms. The highest BCUT2D eigenvalue weighted by molar-refractivity contribution is 7.98. The van der Waals surface area contributed by atoms with E-state index in [1.54, 1.807) is 11.8 Å². The number of hydrogen-bond acceptors (Lipinski definition) is 4. The van der Waals surface area contributed by atoms with Crippen molar-refractivity contribution in [3.8, 4) is 0 Å². The number of aromatic nitrogens is 3. The fraction of sp³-hybridized carbons (Fsp3) is 0.375. The maximum atomic E-state index is 12.9. The molecule has 1 aliphatic heterocycles. The largest absolute Gasteiger partial charge is 0.339 e. The van der Waals surface area contributed by atoms with Gasteiger partial charge in [0, 0.05) is 41.1 Å². The molecule has 2 heterocycles. The molecule has 1 saturated carbocycles. The summed E-state index contributed by atoms with van der Waals surface area (Å²) in [6, 6.07) is 18.5. The molecule has 1 aromatic heterocycles. The summed E-state index contributed by atoms with van der Waals surface area (Å²) in [4.78, 5) is 20.8. The van der Waals surface area contributed by atoms with Crippen LogP contribution in [0, 0.1) is 0 Å². The van der Waals surface area contributed by atoms with Crippen LogP contribution in [0.2, 0.25) is 0 Å². The first-order valence-electron chi connectivity index (χ1n) is 10.7. The molecule has 5 rings (SSSR count). The minimum Gasteiger partial charge on any atom is -0.339 e. The Kier molecular flexibility index (Phi) is 5.58. The van der Waals surface area contributed by atoms with Gasteiger partial charge < -0.3 is 4.90 Å². The van der Waals surface area contributed by atoms with Crippen LogP contribution in [-0.2, 0) is 5.75 Å². The van der Waals surface area contributed by atoms with Crippen LogP contribution in [0.1, 0.15) is 65.1 Å². The normalized spacial score (nSPS) is 17.3. The van der Waals surface area contributed by atoms with Gasteiger partial charge in [-0.1, -0.05) is 30.3 Å². The number of thioether (sulfide) groups is 1. The third-order valence-corrected chi connectivity index (χ3v) is 7.06. The second kappa shape index (κ2) is 8.64. The molecule has 154 valence electrons. The van der Waals surface area contributed by atoms with Gasteiger partial charge in [-0.2, -0.15) is 5.10 Å². The molecule has 6 heteroatoms. The predicted octanol–water partition coefficient (Wildman–Crippen LogP) is 4.99. The van der Waals surface area contributed by atoms with E-state index < -0.39 is 0 Å². The lowest BCUT2D eigenvalue weighted by molar-refractivity contribution is 0.0711. The van der Waals surface area contributed by atoms with Crippen LogP contribution >= 0.6 is 11.8 Å². The zero-order valence-electron chi connectivity index (χ0n) is 17.0. The molecule has 5 nitrogen and oxygen atoms in total. The first kappa shape index (κ1) is 19.4. The lowest BCUT2D eigenvalue weighted by Gasteiger charge is -2.31. The van der Waals surface area contributed by atoms with E-state index in [2.05, 4.69) is 46.6 Å². The Balaban J connectivity index is 1.14. The van der Waals surface area contributed by atoms with E-state index in [0.29, 0.717) is 11.8 Å². The highest BCUT2D eigenvalue weighted by Crippen LogP contribution is 2.38. The predicted molar refractivity (Wildman–Crippen MR) is 119 cm³/mol. The monoisotopic (exact) mass is 418 g/mol. The van der Waals surface area contributed by atoms with Gasteiger partial charge in [-0.15, -0.1) is 11.8 Å². The molecule has 1 aliphatic carbocycles. The minimum absolute atomic E-state index is 0.129. The van der Waals surface area contributed by atoms with Gasteiger partial charge in [-0.05, 0) is 55.5 Å². The molecule has 1 amide bonds. The van der Waals surface area contributed by atoms with Gasteiger partial charge in [0.1, 0.15) is 5.82 Å². The van der Waals surface area contributed by atoms with Crippen LogP contribution in [-0.4, -0.2) is 39.1 Å². The van der Waals surface area contributed by atoms with E-state index in [0.717, 1.165) is 48.9 Å². The van der Waals surface area contributed by atoms with Crippen molar-refractivity contribution < 1.29 is 4.79 Å². The summed E-state index contributed by atoms with van der Waals surface area (Å²) in [7, 11) is 0. The summed E-state index contributed by atoms with van der Waals surface area (Å²) < 4.78 is 0. The van der Waals surface area contributed by atoms with Crippen LogP contribution in [0.15, 0.2) is 59.5 Å². The van der Waals surface area contributed by atoms with Gasteiger partial charge in [0.25, 0.3) is 5.91 Å². The van der Waals surface area contributed by atoms with Gasteiger partial charge in [-0.25, -0.2) is 4.98 Å². The van der Waals surface area contributed by atoms with Gasteiger partial charge in [0.05, 0.1) is 0 Å². The number of nitrogens with zero attached hydrogens (tertiary/aromatic N) is 3. The fourth-order valence-electron chi connectivity index (χ4n) is 3.97. The zero-order chi connectivity index (χ0) is 20.3. The molecule has 0 atom stereocenters. The first-order valence-corrected chi connectivity index (χ1v) is 11.7. The second-order valence-electron chi connectivity index (χ2n) is 8.22. The average Bonchev–Trinajstić information content (AvgIpc) is 3.55. The Morgan fingerprint density at radius 3 is 2.40 bits per heavy atom. The Morgan fingerprint density at radius 2 is 1.70 bits per heavy atom. The highest BCUT2D eigenvalue weighted by atomic mass is 32.2. The number of rotatable bonds is 6. The van der Waals surface area contributed by atoms with Crippen LogP contribution in [0.3, 0.4) is 0 Å². The van der Waals surface area contributed by atoms with Crippen molar-refractivity contribution in [3.63, 3.8) is 0 Å². The van der Waals surface area contributed by atoms with Crippen molar-refractivity contribution in [2.45, 2.75) is 48.2 Å². The fourth-order valence-corrected chi connectivity index (χ4v) is 4.82. The van der Waals surface area contributed by atoms with Gasteiger partial charge >= 0.3 is 0 Å². The zero-order valence-corrected chi connectivity index (χ0v) is 17.8. The molecule has 0 unspecified atom stereocenters. The third kappa shape index (κ3) is 4.43. The molecule has 1 N–H and O–H groups in total. The number of nitrogens with one attached hydrogen (secondary N) is 1. The van der Waals surface area contributed by atoms with Gasteiger partial charge in [-0.3, -0.25) is 9.89 Å². The van der Waals surface area contributed by atoms with E-state index in [9.17, 15) is 4.79 Å². The Morgan fingerprint density at radius 1 is 0.967 bits per heavy atom. The molecule has 0 bridgehead atoms. The maximum absolute atomic E-state index is 12.9. The van der Waals surface area contributed by atoms with Crippen molar-refractivity contribution in [1.82, 2.24) is 20.1 Å². The molecular weight excluding hydrogens is 392 g/mol. The number of hydrogen-bond donors (Lipinski definition) is 1. The number of amides is 1. The SMILES string of the molecule is O=C(c1ccc(SCc2ccccc2)cc1)N1CCC(c2nc(C3CC3)n[nH]2)CC1. The Bertz CT molecular complexity index is 990. The topological polar surface area (TPSA) is 61.9 Å². The van der Waals surface area contributed by atoms with E-state index in [4.69, 9.17) is 4.98 Å². The number of benzene rings is 2. The molecule has 2 fully saturated rings. The van der Waals surface area contributed by atoms with Crippen molar-refractivity contribution in [2.24, 2.45) is 0 Å². The second-order valence-corrected chi connectivity index (χ2v) is 9.27. The molecular formula is C24H26N4OS. The molecule has 1 saturated heterocycles. The molecule has 2 aliphatic rings. The first-order chi connectivity index (χ1) is 14.8. The van der Waals surface area contributed by atoms with Crippen LogP contribution in [0.4, 0.5) is 0 Å². The summed E-state index contributed by atoms with van der Waals surface area (Å²) in [6.07, 6.45) is 4.31. The highest BCUT2D eigenvalue weighted by Gasteiger charge is 2.30. The van der Waals surface area contributed by atoms with Crippen molar-refractivity contribution >= 4 is 17.7 Å². The maximum Gasteiger partial charge on any atom is 0.253 e. The van der Waals surface area contributed by atoms with Crippen molar-refractivity contribution in [1.29, 1.82) is 0 Å². The number of carbonyl (C=O) groups excluding carboxylic acids is 1. The Hall–Kier alpha value is -2.60. The number of aromatic amines is 1. The molecule has 30 heavy (non-hydrogen) atoms. The Labute approximate surface area is 181 Å².